The number of hydrogen-bond acceptors (Lipinski definition) is 6. The summed E-state index contributed by atoms with van der Waals surface area (Å²) < 4.78 is 17.2. The van der Waals surface area contributed by atoms with Crippen molar-refractivity contribution >= 4 is 45.2 Å². The monoisotopic (exact) mass is 656 g/mol. The van der Waals surface area contributed by atoms with Crippen molar-refractivity contribution in [2.45, 2.75) is 26.4 Å². The van der Waals surface area contributed by atoms with E-state index in [9.17, 15) is 24.5 Å². The van der Waals surface area contributed by atoms with Gasteiger partial charge in [0.15, 0.2) is 0 Å². The van der Waals surface area contributed by atoms with Crippen molar-refractivity contribution in [1.82, 2.24) is 29.7 Å². The first-order valence-electron chi connectivity index (χ1n) is 15.2. The number of pyridine rings is 2. The summed E-state index contributed by atoms with van der Waals surface area (Å²) in [5.41, 5.74) is 8.24. The molecule has 0 saturated heterocycles. The number of nitriles is 2. The summed E-state index contributed by atoms with van der Waals surface area (Å²) in [4.78, 5) is 32.4. The molecule has 4 aromatic heterocycles. The van der Waals surface area contributed by atoms with Crippen LogP contribution in [0.3, 0.4) is 0 Å². The van der Waals surface area contributed by atoms with Crippen LogP contribution < -0.4 is 10.6 Å². The maximum atomic E-state index is 13.2. The first kappa shape index (κ1) is 30.6. The number of carbonyl (C=O) groups is 2. The van der Waals surface area contributed by atoms with Crippen molar-refractivity contribution in [3.8, 4) is 34.4 Å². The molecule has 236 valence electrons. The van der Waals surface area contributed by atoms with Crippen LogP contribution in [0.15, 0.2) is 67.0 Å². The quantitative estimate of drug-likeness (QED) is 0.215. The molecule has 6 aromatic rings. The van der Waals surface area contributed by atoms with Crippen molar-refractivity contribution in [2.75, 3.05) is 13.1 Å². The van der Waals surface area contributed by atoms with Crippen molar-refractivity contribution in [3.05, 3.63) is 106 Å². The third-order valence-corrected chi connectivity index (χ3v) is 8.87. The largest absolute Gasteiger partial charge is 0.351 e. The summed E-state index contributed by atoms with van der Waals surface area (Å²) in [7, 11) is 0. The summed E-state index contributed by atoms with van der Waals surface area (Å²) in [5.74, 6) is -0.751. The highest BCUT2D eigenvalue weighted by Gasteiger charge is 2.26. The Morgan fingerprint density at radius 2 is 1.50 bits per heavy atom. The third kappa shape index (κ3) is 5.30. The molecule has 0 spiro atoms. The number of fused-ring (bicyclic) bond motifs is 6. The molecule has 2 aromatic carbocycles. The molecule has 0 bridgehead atoms. The highest BCUT2D eigenvalue weighted by atomic mass is 35.5. The number of aromatic nitrogens is 4. The summed E-state index contributed by atoms with van der Waals surface area (Å²) in [6.07, 6.45) is 3.96. The lowest BCUT2D eigenvalue weighted by Crippen LogP contribution is -2.35. The molecular formula is C36H26ClFN8O2. The van der Waals surface area contributed by atoms with Gasteiger partial charge in [-0.2, -0.15) is 14.9 Å². The minimum atomic E-state index is -0.556. The fraction of sp³-hybridized carbons (Fsp3) is 0.167. The molecule has 0 aliphatic carbocycles. The number of carbonyl (C=O) groups excluding carboxylic acids is 2. The first-order valence-corrected chi connectivity index (χ1v) is 15.6. The molecule has 0 fully saturated rings. The summed E-state index contributed by atoms with van der Waals surface area (Å²) >= 11 is 5.89. The molecule has 48 heavy (non-hydrogen) atoms. The van der Waals surface area contributed by atoms with Crippen molar-refractivity contribution in [2.24, 2.45) is 0 Å². The summed E-state index contributed by atoms with van der Waals surface area (Å²) in [6, 6.07) is 19.9. The second-order valence-corrected chi connectivity index (χ2v) is 11.9. The van der Waals surface area contributed by atoms with Gasteiger partial charge in [-0.1, -0.05) is 11.6 Å². The molecular weight excluding hydrogens is 631 g/mol. The second-order valence-electron chi connectivity index (χ2n) is 11.5. The minimum Gasteiger partial charge on any atom is -0.351 e. The zero-order valence-corrected chi connectivity index (χ0v) is 26.4. The number of nitrogens with zero attached hydrogens (tertiary/aromatic N) is 6. The lowest BCUT2D eigenvalue weighted by Gasteiger charge is -2.18. The van der Waals surface area contributed by atoms with E-state index in [2.05, 4.69) is 32.7 Å². The zero-order valence-electron chi connectivity index (χ0n) is 25.6. The average Bonchev–Trinajstić information content (AvgIpc) is 3.55. The van der Waals surface area contributed by atoms with Gasteiger partial charge < -0.3 is 19.8 Å². The van der Waals surface area contributed by atoms with E-state index in [0.29, 0.717) is 59.4 Å². The number of halogens is 2. The van der Waals surface area contributed by atoms with Crippen LogP contribution in [0.2, 0.25) is 5.15 Å². The minimum absolute atomic E-state index is 0.0753. The lowest BCUT2D eigenvalue weighted by atomic mass is 10.00. The molecule has 0 radical (unpaired) electrons. The van der Waals surface area contributed by atoms with Crippen LogP contribution in [0.1, 0.15) is 44.1 Å². The van der Waals surface area contributed by atoms with Gasteiger partial charge in [-0.05, 0) is 73.5 Å². The van der Waals surface area contributed by atoms with E-state index in [4.69, 9.17) is 11.6 Å². The summed E-state index contributed by atoms with van der Waals surface area (Å²) in [6.45, 7) is 4.54. The highest BCUT2D eigenvalue weighted by Crippen LogP contribution is 2.36. The fourth-order valence-electron chi connectivity index (χ4n) is 6.54. The van der Waals surface area contributed by atoms with Crippen LogP contribution in [-0.2, 0) is 13.1 Å². The van der Waals surface area contributed by atoms with E-state index in [0.717, 1.165) is 50.5 Å². The van der Waals surface area contributed by atoms with Crippen molar-refractivity contribution < 1.29 is 14.0 Å². The molecule has 6 heterocycles. The van der Waals surface area contributed by atoms with Gasteiger partial charge in [0.25, 0.3) is 11.8 Å². The Hall–Kier alpha value is -6.04. The maximum Gasteiger partial charge on any atom is 0.268 e. The normalized spacial score (nSPS) is 13.7. The third-order valence-electron chi connectivity index (χ3n) is 8.65. The van der Waals surface area contributed by atoms with E-state index in [1.807, 2.05) is 34.3 Å². The van der Waals surface area contributed by atoms with Crippen LogP contribution in [0.25, 0.3) is 44.1 Å². The van der Waals surface area contributed by atoms with Crippen LogP contribution in [0, 0.1) is 35.5 Å². The molecule has 2 aliphatic heterocycles. The number of nitrogens with one attached hydrogen (secondary N) is 2. The Balaban J connectivity index is 0.000000152. The molecule has 2 aliphatic rings. The number of aryl methyl sites for hydroxylation is 2. The second kappa shape index (κ2) is 12.3. The van der Waals surface area contributed by atoms with Gasteiger partial charge in [0.2, 0.25) is 5.95 Å². The molecule has 12 heteroatoms. The standard InChI is InChI=1S/C18H13ClN4O.C18H13FN4O/c1-10-13-6-11(8-20)7-14(12-2-3-15(19)22-9-12)17(13)23-5-4-21-18(24)16(10)23;19-16-3-2-12(10-22-16)14-7-11(9-20)6-13-8-15-18(24)21-4-1-5-23(15)17(13)14/h2-3,6-7,9H,4-5H2,1H3,(H,21,24);2-3,6-8,10H,1,4-5H2,(H,21,24). The Bertz CT molecular complexity index is 2360. The van der Waals surface area contributed by atoms with Gasteiger partial charge in [-0.25, -0.2) is 9.97 Å². The van der Waals surface area contributed by atoms with E-state index in [-0.39, 0.29) is 11.8 Å². The molecule has 0 atom stereocenters. The SMILES string of the molecule is Cc1c2n(c3c(-c4ccc(Cl)nc4)cc(C#N)cc13)CCNC2=O.N#Cc1cc(-c2ccc(F)nc2)c2c(c1)cc1n2CCCNC1=O. The zero-order chi connectivity index (χ0) is 33.5. The Labute approximate surface area is 279 Å². The van der Waals surface area contributed by atoms with E-state index < -0.39 is 5.95 Å². The van der Waals surface area contributed by atoms with Gasteiger partial charge in [-0.3, -0.25) is 9.59 Å². The molecule has 8 rings (SSSR count). The van der Waals surface area contributed by atoms with Crippen molar-refractivity contribution in [1.29, 1.82) is 10.5 Å². The van der Waals surface area contributed by atoms with Crippen LogP contribution in [0.4, 0.5) is 4.39 Å². The van der Waals surface area contributed by atoms with E-state index >= 15 is 0 Å². The molecule has 0 unspecified atom stereocenters. The Morgan fingerprint density at radius 3 is 2.19 bits per heavy atom. The number of benzene rings is 2. The van der Waals surface area contributed by atoms with Gasteiger partial charge in [0, 0.05) is 71.6 Å². The topological polar surface area (TPSA) is 141 Å². The Morgan fingerprint density at radius 1 is 0.812 bits per heavy atom. The van der Waals surface area contributed by atoms with Crippen LogP contribution in [0.5, 0.6) is 0 Å². The first-order chi connectivity index (χ1) is 23.3. The maximum absolute atomic E-state index is 13.2. The van der Waals surface area contributed by atoms with Gasteiger partial charge in [0.1, 0.15) is 16.5 Å². The molecule has 2 N–H and O–H groups in total. The fourth-order valence-corrected chi connectivity index (χ4v) is 6.65. The highest BCUT2D eigenvalue weighted by molar-refractivity contribution is 6.29. The smallest absolute Gasteiger partial charge is 0.268 e. The summed E-state index contributed by atoms with van der Waals surface area (Å²) in [5, 5.41) is 26.6. The van der Waals surface area contributed by atoms with Gasteiger partial charge in [-0.15, -0.1) is 0 Å². The van der Waals surface area contributed by atoms with Crippen molar-refractivity contribution in [3.63, 3.8) is 0 Å². The van der Waals surface area contributed by atoms with Crippen LogP contribution >= 0.6 is 11.6 Å². The average molecular weight is 657 g/mol. The van der Waals surface area contributed by atoms with Gasteiger partial charge >= 0.3 is 0 Å². The van der Waals surface area contributed by atoms with Crippen LogP contribution in [-0.4, -0.2) is 44.0 Å². The predicted octanol–water partition coefficient (Wildman–Crippen LogP) is 6.13. The number of hydrogen-bond donors (Lipinski definition) is 2. The van der Waals surface area contributed by atoms with E-state index in [1.54, 1.807) is 36.5 Å². The molecule has 10 nitrogen and oxygen atoms in total. The van der Waals surface area contributed by atoms with Gasteiger partial charge in [0.05, 0.1) is 34.3 Å². The number of amides is 2. The Kier molecular flexibility index (Phi) is 7.83. The lowest BCUT2D eigenvalue weighted by molar-refractivity contribution is 0.0925. The predicted molar refractivity (Wildman–Crippen MR) is 179 cm³/mol. The van der Waals surface area contributed by atoms with E-state index in [1.165, 1.54) is 12.3 Å². The molecule has 2 amide bonds. The number of rotatable bonds is 2. The molecule has 0 saturated carbocycles.